The van der Waals surface area contributed by atoms with E-state index >= 15 is 0 Å². The maximum Gasteiger partial charge on any atom is 0.129 e. The normalized spacial score (nSPS) is 23.7. The van der Waals surface area contributed by atoms with E-state index in [-0.39, 0.29) is 0 Å². The van der Waals surface area contributed by atoms with Gasteiger partial charge in [0, 0.05) is 31.4 Å². The van der Waals surface area contributed by atoms with Crippen LogP contribution in [0.5, 0.6) is 0 Å². The molecule has 1 aliphatic heterocycles. The van der Waals surface area contributed by atoms with Crippen LogP contribution in [0.1, 0.15) is 51.0 Å². The summed E-state index contributed by atoms with van der Waals surface area (Å²) >= 11 is 6.29. The molecule has 1 aliphatic carbocycles. The zero-order valence-electron chi connectivity index (χ0n) is 12.2. The van der Waals surface area contributed by atoms with E-state index in [2.05, 4.69) is 28.2 Å². The summed E-state index contributed by atoms with van der Waals surface area (Å²) in [7, 11) is 0. The molecule has 2 fully saturated rings. The number of nitrogens with one attached hydrogen (secondary N) is 1. The van der Waals surface area contributed by atoms with Gasteiger partial charge in [-0.05, 0) is 44.2 Å². The van der Waals surface area contributed by atoms with Crippen molar-refractivity contribution in [2.45, 2.75) is 64.1 Å². The van der Waals surface area contributed by atoms with Gasteiger partial charge >= 0.3 is 0 Å². The fourth-order valence-electron chi connectivity index (χ4n) is 2.92. The summed E-state index contributed by atoms with van der Waals surface area (Å²) in [5.41, 5.74) is 1.18. The monoisotopic (exact) mass is 293 g/mol. The van der Waals surface area contributed by atoms with E-state index in [0.717, 1.165) is 23.9 Å². The molecule has 1 saturated heterocycles. The third kappa shape index (κ3) is 3.44. The lowest BCUT2D eigenvalue weighted by molar-refractivity contribution is 0.610. The first-order valence-electron chi connectivity index (χ1n) is 7.88. The Labute approximate surface area is 126 Å². The topological polar surface area (TPSA) is 28.2 Å². The quantitative estimate of drug-likeness (QED) is 0.916. The maximum absolute atomic E-state index is 6.29. The van der Waals surface area contributed by atoms with Crippen LogP contribution < -0.4 is 10.2 Å². The van der Waals surface area contributed by atoms with Crippen molar-refractivity contribution in [1.82, 2.24) is 10.3 Å². The second-order valence-corrected chi connectivity index (χ2v) is 6.59. The highest BCUT2D eigenvalue weighted by atomic mass is 35.5. The lowest BCUT2D eigenvalue weighted by Gasteiger charge is -2.28. The van der Waals surface area contributed by atoms with Gasteiger partial charge in [0.2, 0.25) is 0 Å². The maximum atomic E-state index is 6.29. The van der Waals surface area contributed by atoms with E-state index in [1.807, 2.05) is 6.20 Å². The Kier molecular flexibility index (Phi) is 4.47. The van der Waals surface area contributed by atoms with E-state index in [9.17, 15) is 0 Å². The number of anilines is 1. The van der Waals surface area contributed by atoms with Crippen LogP contribution in [-0.4, -0.2) is 23.6 Å². The molecular weight excluding hydrogens is 270 g/mol. The SMILES string of the molecule is CC1CCCCCN1c1cc(CNC2CC2)c(Cl)cn1. The number of pyridine rings is 1. The molecule has 1 saturated carbocycles. The van der Waals surface area contributed by atoms with Crippen molar-refractivity contribution in [3.05, 3.63) is 22.8 Å². The van der Waals surface area contributed by atoms with Crippen molar-refractivity contribution in [3.63, 3.8) is 0 Å². The average molecular weight is 294 g/mol. The zero-order chi connectivity index (χ0) is 13.9. The Hall–Kier alpha value is -0.800. The van der Waals surface area contributed by atoms with Crippen LogP contribution in [0.3, 0.4) is 0 Å². The summed E-state index contributed by atoms with van der Waals surface area (Å²) < 4.78 is 0. The molecule has 3 nitrogen and oxygen atoms in total. The van der Waals surface area contributed by atoms with E-state index in [1.54, 1.807) is 0 Å². The molecule has 3 rings (SSSR count). The van der Waals surface area contributed by atoms with E-state index in [0.29, 0.717) is 12.1 Å². The highest BCUT2D eigenvalue weighted by molar-refractivity contribution is 6.31. The molecule has 20 heavy (non-hydrogen) atoms. The minimum absolute atomic E-state index is 0.579. The summed E-state index contributed by atoms with van der Waals surface area (Å²) in [6, 6.07) is 3.47. The molecule has 0 spiro atoms. The Bertz CT molecular complexity index is 459. The zero-order valence-corrected chi connectivity index (χ0v) is 13.0. The number of aromatic nitrogens is 1. The molecule has 0 bridgehead atoms. The second kappa shape index (κ2) is 6.31. The third-order valence-electron chi connectivity index (χ3n) is 4.43. The van der Waals surface area contributed by atoms with Gasteiger partial charge in [0.15, 0.2) is 0 Å². The van der Waals surface area contributed by atoms with E-state index in [4.69, 9.17) is 11.6 Å². The number of hydrogen-bond acceptors (Lipinski definition) is 3. The van der Waals surface area contributed by atoms with Crippen LogP contribution in [0.15, 0.2) is 12.3 Å². The molecule has 1 N–H and O–H groups in total. The van der Waals surface area contributed by atoms with Crippen molar-refractivity contribution >= 4 is 17.4 Å². The van der Waals surface area contributed by atoms with Crippen molar-refractivity contribution in [2.75, 3.05) is 11.4 Å². The average Bonchev–Trinajstić information content (AvgIpc) is 3.26. The van der Waals surface area contributed by atoms with Gasteiger partial charge in [-0.15, -0.1) is 0 Å². The molecule has 2 heterocycles. The van der Waals surface area contributed by atoms with Crippen molar-refractivity contribution in [1.29, 1.82) is 0 Å². The Morgan fingerprint density at radius 1 is 1.30 bits per heavy atom. The summed E-state index contributed by atoms with van der Waals surface area (Å²) in [6.07, 6.45) is 9.63. The van der Waals surface area contributed by atoms with Crippen molar-refractivity contribution in [3.8, 4) is 0 Å². The molecule has 0 amide bonds. The Morgan fingerprint density at radius 3 is 2.95 bits per heavy atom. The van der Waals surface area contributed by atoms with Crippen LogP contribution in [0.4, 0.5) is 5.82 Å². The van der Waals surface area contributed by atoms with Gasteiger partial charge in [0.25, 0.3) is 0 Å². The summed E-state index contributed by atoms with van der Waals surface area (Å²) in [5.74, 6) is 1.09. The number of rotatable bonds is 4. The number of hydrogen-bond donors (Lipinski definition) is 1. The second-order valence-electron chi connectivity index (χ2n) is 6.18. The molecular formula is C16H24ClN3. The van der Waals surface area contributed by atoms with Crippen LogP contribution in [0.25, 0.3) is 0 Å². The molecule has 1 atom stereocenters. The van der Waals surface area contributed by atoms with E-state index < -0.39 is 0 Å². The highest BCUT2D eigenvalue weighted by Gasteiger charge is 2.22. The first-order valence-corrected chi connectivity index (χ1v) is 8.26. The minimum atomic E-state index is 0.579. The van der Waals surface area contributed by atoms with Gasteiger partial charge in [-0.25, -0.2) is 4.98 Å². The molecule has 1 aromatic heterocycles. The Morgan fingerprint density at radius 2 is 2.15 bits per heavy atom. The first kappa shape index (κ1) is 14.2. The molecule has 0 aromatic carbocycles. The number of halogens is 1. The predicted molar refractivity (Wildman–Crippen MR) is 84.4 cm³/mol. The van der Waals surface area contributed by atoms with Crippen molar-refractivity contribution < 1.29 is 0 Å². The summed E-state index contributed by atoms with van der Waals surface area (Å²) in [6.45, 7) is 4.29. The predicted octanol–water partition coefficient (Wildman–Crippen LogP) is 3.76. The largest absolute Gasteiger partial charge is 0.354 e. The minimum Gasteiger partial charge on any atom is -0.354 e. The van der Waals surface area contributed by atoms with Gasteiger partial charge in [0.05, 0.1) is 5.02 Å². The smallest absolute Gasteiger partial charge is 0.129 e. The van der Waals surface area contributed by atoms with Crippen LogP contribution >= 0.6 is 11.6 Å². The number of nitrogens with zero attached hydrogens (tertiary/aromatic N) is 2. The summed E-state index contributed by atoms with van der Waals surface area (Å²) in [5, 5.41) is 4.32. The van der Waals surface area contributed by atoms with Gasteiger partial charge in [-0.2, -0.15) is 0 Å². The van der Waals surface area contributed by atoms with Gasteiger partial charge < -0.3 is 10.2 Å². The van der Waals surface area contributed by atoms with Gasteiger partial charge in [-0.1, -0.05) is 24.4 Å². The standard InChI is InChI=1S/C16H24ClN3/c1-12-5-3-2-4-8-20(12)16-9-13(15(17)11-19-16)10-18-14-6-7-14/h9,11-12,14,18H,2-8,10H2,1H3. The van der Waals surface area contributed by atoms with Gasteiger partial charge in [0.1, 0.15) is 5.82 Å². The highest BCUT2D eigenvalue weighted by Crippen LogP contribution is 2.27. The molecule has 1 aromatic rings. The fourth-order valence-corrected chi connectivity index (χ4v) is 3.09. The molecule has 0 radical (unpaired) electrons. The van der Waals surface area contributed by atoms with Gasteiger partial charge in [-0.3, -0.25) is 0 Å². The van der Waals surface area contributed by atoms with E-state index in [1.165, 1.54) is 44.1 Å². The lowest BCUT2D eigenvalue weighted by Crippen LogP contribution is -2.33. The molecule has 110 valence electrons. The molecule has 1 unspecified atom stereocenters. The third-order valence-corrected chi connectivity index (χ3v) is 4.77. The Balaban J connectivity index is 1.75. The van der Waals surface area contributed by atoms with Crippen LogP contribution in [0.2, 0.25) is 5.02 Å². The summed E-state index contributed by atoms with van der Waals surface area (Å²) in [4.78, 5) is 7.01. The molecule has 4 heteroatoms. The van der Waals surface area contributed by atoms with Crippen LogP contribution in [-0.2, 0) is 6.54 Å². The first-order chi connectivity index (χ1) is 9.74. The van der Waals surface area contributed by atoms with Crippen molar-refractivity contribution in [2.24, 2.45) is 0 Å². The lowest BCUT2D eigenvalue weighted by atomic mass is 10.1. The fraction of sp³-hybridized carbons (Fsp3) is 0.688. The van der Waals surface area contributed by atoms with Crippen LogP contribution in [0, 0.1) is 0 Å². The molecule has 2 aliphatic rings.